The van der Waals surface area contributed by atoms with Crippen LogP contribution in [0.1, 0.15) is 51.4 Å². The van der Waals surface area contributed by atoms with Crippen molar-refractivity contribution in [2.75, 3.05) is 0 Å². The molecular formula is C16H23BrN2O. The Kier molecular flexibility index (Phi) is 5.19. The lowest BCUT2D eigenvalue weighted by molar-refractivity contribution is -0.115. The average molecular weight is 339 g/mol. The standard InChI is InChI=1S/C16H23BrN2O/c1-4-13-16(17)14(19(5-2)18-13)10-15(20)12-8-6-11(3)7-9-12/h8,11H,4-7,9-10H2,1-3H3. The van der Waals surface area contributed by atoms with Crippen LogP contribution in [0.3, 0.4) is 0 Å². The number of Topliss-reactive ketones (excluding diaryl/α,β-unsaturated/α-hetero) is 1. The van der Waals surface area contributed by atoms with E-state index in [1.54, 1.807) is 0 Å². The summed E-state index contributed by atoms with van der Waals surface area (Å²) < 4.78 is 2.97. The van der Waals surface area contributed by atoms with Gasteiger partial charge in [-0.15, -0.1) is 0 Å². The maximum absolute atomic E-state index is 12.5. The topological polar surface area (TPSA) is 34.9 Å². The smallest absolute Gasteiger partial charge is 0.164 e. The van der Waals surface area contributed by atoms with Crippen molar-refractivity contribution in [3.8, 4) is 0 Å². The van der Waals surface area contributed by atoms with E-state index in [9.17, 15) is 4.79 Å². The van der Waals surface area contributed by atoms with Gasteiger partial charge in [0.25, 0.3) is 0 Å². The quantitative estimate of drug-likeness (QED) is 0.810. The monoisotopic (exact) mass is 338 g/mol. The Hall–Kier alpha value is -0.900. The summed E-state index contributed by atoms with van der Waals surface area (Å²) in [4.78, 5) is 12.5. The molecule has 4 heteroatoms. The molecule has 110 valence electrons. The predicted octanol–water partition coefficient (Wildman–Crippen LogP) is 4.09. The van der Waals surface area contributed by atoms with Crippen LogP contribution in [-0.4, -0.2) is 15.6 Å². The second-order valence-electron chi connectivity index (χ2n) is 5.59. The van der Waals surface area contributed by atoms with Crippen LogP contribution in [0, 0.1) is 5.92 Å². The molecule has 1 aromatic rings. The van der Waals surface area contributed by atoms with Crippen LogP contribution in [0.2, 0.25) is 0 Å². The summed E-state index contributed by atoms with van der Waals surface area (Å²) in [6.07, 6.45) is 6.58. The fraction of sp³-hybridized carbons (Fsp3) is 0.625. The minimum Gasteiger partial charge on any atom is -0.294 e. The minimum atomic E-state index is 0.259. The third-order valence-corrected chi connectivity index (χ3v) is 4.97. The summed E-state index contributed by atoms with van der Waals surface area (Å²) in [6, 6.07) is 0. The number of carbonyl (C=O) groups is 1. The van der Waals surface area contributed by atoms with Gasteiger partial charge in [0.2, 0.25) is 0 Å². The van der Waals surface area contributed by atoms with Crippen molar-refractivity contribution in [3.63, 3.8) is 0 Å². The Morgan fingerprint density at radius 3 is 2.80 bits per heavy atom. The SMILES string of the molecule is CCc1nn(CC)c(CC(=O)C2=CCC(C)CC2)c1Br. The van der Waals surface area contributed by atoms with Gasteiger partial charge in [-0.1, -0.05) is 19.9 Å². The first-order valence-corrected chi connectivity index (χ1v) is 8.32. The molecule has 0 saturated heterocycles. The van der Waals surface area contributed by atoms with Gasteiger partial charge >= 0.3 is 0 Å². The molecule has 0 aromatic carbocycles. The van der Waals surface area contributed by atoms with Gasteiger partial charge in [-0.25, -0.2) is 0 Å². The van der Waals surface area contributed by atoms with Crippen LogP contribution in [-0.2, 0) is 24.2 Å². The highest BCUT2D eigenvalue weighted by Crippen LogP contribution is 2.27. The van der Waals surface area contributed by atoms with E-state index >= 15 is 0 Å². The van der Waals surface area contributed by atoms with E-state index in [-0.39, 0.29) is 5.78 Å². The van der Waals surface area contributed by atoms with Gasteiger partial charge in [-0.05, 0) is 60.0 Å². The first-order chi connectivity index (χ1) is 9.56. The molecule has 1 heterocycles. The summed E-state index contributed by atoms with van der Waals surface area (Å²) in [5.41, 5.74) is 3.08. The van der Waals surface area contributed by atoms with Crippen LogP contribution in [0.4, 0.5) is 0 Å². The molecule has 0 saturated carbocycles. The van der Waals surface area contributed by atoms with Crippen LogP contribution in [0.25, 0.3) is 0 Å². The first kappa shape index (κ1) is 15.5. The summed E-state index contributed by atoms with van der Waals surface area (Å²) in [6.45, 7) is 7.20. The second-order valence-corrected chi connectivity index (χ2v) is 6.38. The molecule has 1 aliphatic rings. The van der Waals surface area contributed by atoms with Crippen LogP contribution < -0.4 is 0 Å². The number of ketones is 1. The maximum atomic E-state index is 12.5. The molecule has 0 bridgehead atoms. The van der Waals surface area contributed by atoms with Crippen LogP contribution in [0.5, 0.6) is 0 Å². The Balaban J connectivity index is 2.17. The van der Waals surface area contributed by atoms with Gasteiger partial charge in [-0.3, -0.25) is 9.48 Å². The van der Waals surface area contributed by atoms with Crippen LogP contribution in [0.15, 0.2) is 16.1 Å². The largest absolute Gasteiger partial charge is 0.294 e. The lowest BCUT2D eigenvalue weighted by atomic mass is 9.88. The van der Waals surface area contributed by atoms with Crippen molar-refractivity contribution in [2.45, 2.75) is 59.4 Å². The molecule has 0 N–H and O–H groups in total. The second kappa shape index (κ2) is 6.70. The van der Waals surface area contributed by atoms with E-state index in [4.69, 9.17) is 0 Å². The van der Waals surface area contributed by atoms with E-state index in [2.05, 4.69) is 47.9 Å². The van der Waals surface area contributed by atoms with Gasteiger partial charge < -0.3 is 0 Å². The zero-order valence-electron chi connectivity index (χ0n) is 12.6. The molecular weight excluding hydrogens is 316 g/mol. The molecule has 1 aromatic heterocycles. The van der Waals surface area contributed by atoms with E-state index in [0.29, 0.717) is 12.3 Å². The van der Waals surface area contributed by atoms with Crippen molar-refractivity contribution >= 4 is 21.7 Å². The van der Waals surface area contributed by atoms with Gasteiger partial charge in [0, 0.05) is 6.54 Å². The Morgan fingerprint density at radius 2 is 2.25 bits per heavy atom. The highest BCUT2D eigenvalue weighted by atomic mass is 79.9. The fourth-order valence-electron chi connectivity index (χ4n) is 2.67. The van der Waals surface area contributed by atoms with Crippen molar-refractivity contribution in [2.24, 2.45) is 5.92 Å². The van der Waals surface area contributed by atoms with Gasteiger partial charge in [-0.2, -0.15) is 5.10 Å². The molecule has 1 atom stereocenters. The van der Waals surface area contributed by atoms with Gasteiger partial charge in [0.15, 0.2) is 5.78 Å². The summed E-state index contributed by atoms with van der Waals surface area (Å²) >= 11 is 3.61. The average Bonchev–Trinajstić information content (AvgIpc) is 2.76. The third kappa shape index (κ3) is 3.22. The van der Waals surface area contributed by atoms with Crippen molar-refractivity contribution in [1.29, 1.82) is 0 Å². The summed E-state index contributed by atoms with van der Waals surface area (Å²) in [7, 11) is 0. The molecule has 0 spiro atoms. The van der Waals surface area contributed by atoms with Crippen molar-refractivity contribution in [1.82, 2.24) is 9.78 Å². The Morgan fingerprint density at radius 1 is 1.50 bits per heavy atom. The molecule has 1 aliphatic carbocycles. The van der Waals surface area contributed by atoms with Crippen molar-refractivity contribution < 1.29 is 4.79 Å². The molecule has 0 radical (unpaired) electrons. The molecule has 0 amide bonds. The number of nitrogens with zero attached hydrogens (tertiary/aromatic N) is 2. The molecule has 20 heavy (non-hydrogen) atoms. The maximum Gasteiger partial charge on any atom is 0.164 e. The summed E-state index contributed by atoms with van der Waals surface area (Å²) in [5, 5.41) is 4.56. The first-order valence-electron chi connectivity index (χ1n) is 7.53. The molecule has 0 aliphatic heterocycles. The molecule has 2 rings (SSSR count). The highest BCUT2D eigenvalue weighted by Gasteiger charge is 2.21. The van der Waals surface area contributed by atoms with Crippen LogP contribution >= 0.6 is 15.9 Å². The van der Waals surface area contributed by atoms with E-state index in [1.807, 2.05) is 4.68 Å². The lowest BCUT2D eigenvalue weighted by Crippen LogP contribution is -2.14. The van der Waals surface area contributed by atoms with Gasteiger partial charge in [0.1, 0.15) is 0 Å². The molecule has 3 nitrogen and oxygen atoms in total. The number of hydrogen-bond acceptors (Lipinski definition) is 2. The van der Waals surface area contributed by atoms with E-state index in [0.717, 1.165) is 53.7 Å². The third-order valence-electron chi connectivity index (χ3n) is 4.05. The van der Waals surface area contributed by atoms with Crippen molar-refractivity contribution in [3.05, 3.63) is 27.5 Å². The fourth-order valence-corrected chi connectivity index (χ4v) is 3.37. The zero-order valence-corrected chi connectivity index (χ0v) is 14.2. The number of aromatic nitrogens is 2. The molecule has 0 fully saturated rings. The Bertz CT molecular complexity index is 531. The van der Waals surface area contributed by atoms with E-state index < -0.39 is 0 Å². The molecule has 1 unspecified atom stereocenters. The lowest BCUT2D eigenvalue weighted by Gasteiger charge is -2.17. The Labute approximate surface area is 129 Å². The number of rotatable bonds is 5. The minimum absolute atomic E-state index is 0.259. The zero-order chi connectivity index (χ0) is 14.7. The summed E-state index contributed by atoms with van der Waals surface area (Å²) in [5.74, 6) is 0.973. The number of carbonyl (C=O) groups excluding carboxylic acids is 1. The van der Waals surface area contributed by atoms with E-state index in [1.165, 1.54) is 0 Å². The number of halogens is 1. The highest BCUT2D eigenvalue weighted by molar-refractivity contribution is 9.10. The predicted molar refractivity (Wildman–Crippen MR) is 84.8 cm³/mol. The number of aryl methyl sites for hydroxylation is 2. The number of allylic oxidation sites excluding steroid dienone is 2. The van der Waals surface area contributed by atoms with Gasteiger partial charge in [0.05, 0.1) is 22.3 Å². The normalized spacial score (nSPS) is 19.0. The number of hydrogen-bond donors (Lipinski definition) is 0.